The molecule has 3 aromatic rings. The van der Waals surface area contributed by atoms with Crippen LogP contribution in [0.1, 0.15) is 21.7 Å². The first-order valence-electron chi connectivity index (χ1n) is 7.66. The maximum absolute atomic E-state index is 12.7. The van der Waals surface area contributed by atoms with Gasteiger partial charge >= 0.3 is 12.1 Å². The minimum absolute atomic E-state index is 0.0270. The molecule has 0 fully saturated rings. The van der Waals surface area contributed by atoms with E-state index in [1.807, 2.05) is 6.07 Å². The van der Waals surface area contributed by atoms with Gasteiger partial charge in [-0.25, -0.2) is 4.98 Å². The molecule has 2 N–H and O–H groups in total. The second-order valence-corrected chi connectivity index (χ2v) is 5.44. The van der Waals surface area contributed by atoms with Crippen LogP contribution in [0.2, 0.25) is 0 Å². The third-order valence-electron chi connectivity index (χ3n) is 3.63. The Kier molecular flexibility index (Phi) is 4.81. The van der Waals surface area contributed by atoms with Gasteiger partial charge < -0.3 is 0 Å². The zero-order valence-corrected chi connectivity index (χ0v) is 13.7. The molecule has 0 aliphatic rings. The maximum Gasteiger partial charge on any atom is 0.416 e. The van der Waals surface area contributed by atoms with E-state index in [-0.39, 0.29) is 11.5 Å². The molecule has 0 unspecified atom stereocenters. The molecule has 3 rings (SSSR count). The summed E-state index contributed by atoms with van der Waals surface area (Å²) in [6, 6.07) is 12.9. The third kappa shape index (κ3) is 4.07. The first-order valence-corrected chi connectivity index (χ1v) is 7.66. The summed E-state index contributed by atoms with van der Waals surface area (Å²) in [4.78, 5) is 16.3. The van der Waals surface area contributed by atoms with Gasteiger partial charge in [-0.05, 0) is 42.5 Å². The average Bonchev–Trinajstić information content (AvgIpc) is 3.15. The van der Waals surface area contributed by atoms with Crippen molar-refractivity contribution in [3.8, 4) is 11.8 Å². The molecule has 2 aromatic carbocycles. The Bertz CT molecular complexity index is 1000. The number of carbonyl (C=O) groups is 1. The van der Waals surface area contributed by atoms with Crippen molar-refractivity contribution in [2.75, 3.05) is 5.43 Å². The van der Waals surface area contributed by atoms with Crippen molar-refractivity contribution in [2.24, 2.45) is 0 Å². The predicted molar refractivity (Wildman–Crippen MR) is 90.8 cm³/mol. The van der Waals surface area contributed by atoms with Crippen LogP contribution in [-0.4, -0.2) is 15.5 Å². The molecule has 6 nitrogen and oxygen atoms in total. The molecule has 0 saturated heterocycles. The van der Waals surface area contributed by atoms with Crippen LogP contribution in [0.4, 0.5) is 18.9 Å². The van der Waals surface area contributed by atoms with E-state index < -0.39 is 17.6 Å². The van der Waals surface area contributed by atoms with Crippen LogP contribution in [0.15, 0.2) is 60.9 Å². The van der Waals surface area contributed by atoms with Gasteiger partial charge in [0.15, 0.2) is 0 Å². The highest BCUT2D eigenvalue weighted by Crippen LogP contribution is 2.30. The number of hydrazine groups is 1. The Labute approximate surface area is 151 Å². The van der Waals surface area contributed by atoms with Crippen molar-refractivity contribution in [2.45, 2.75) is 6.18 Å². The van der Waals surface area contributed by atoms with Crippen molar-refractivity contribution in [1.82, 2.24) is 15.0 Å². The van der Waals surface area contributed by atoms with Gasteiger partial charge in [0.1, 0.15) is 0 Å². The number of benzene rings is 2. The maximum atomic E-state index is 12.7. The van der Waals surface area contributed by atoms with E-state index in [4.69, 9.17) is 5.26 Å². The van der Waals surface area contributed by atoms with E-state index in [0.717, 1.165) is 12.1 Å². The second-order valence-electron chi connectivity index (χ2n) is 5.44. The summed E-state index contributed by atoms with van der Waals surface area (Å²) in [7, 11) is 0. The number of rotatable bonds is 4. The van der Waals surface area contributed by atoms with Gasteiger partial charge in [-0.2, -0.15) is 18.4 Å². The summed E-state index contributed by atoms with van der Waals surface area (Å²) >= 11 is 0. The molecule has 136 valence electrons. The summed E-state index contributed by atoms with van der Waals surface area (Å²) < 4.78 is 39.7. The number of nitriles is 1. The lowest BCUT2D eigenvalue weighted by Crippen LogP contribution is -2.31. The van der Waals surface area contributed by atoms with E-state index >= 15 is 0 Å². The molecule has 27 heavy (non-hydrogen) atoms. The molecule has 0 saturated carbocycles. The van der Waals surface area contributed by atoms with Crippen molar-refractivity contribution < 1.29 is 18.0 Å². The molecule has 0 radical (unpaired) electrons. The van der Waals surface area contributed by atoms with E-state index in [1.54, 1.807) is 30.5 Å². The van der Waals surface area contributed by atoms with Crippen LogP contribution in [0.25, 0.3) is 5.69 Å². The fourth-order valence-electron chi connectivity index (χ4n) is 2.33. The zero-order valence-electron chi connectivity index (χ0n) is 13.7. The number of hydrogen-bond donors (Lipinski definition) is 2. The summed E-state index contributed by atoms with van der Waals surface area (Å²) in [6.07, 6.45) is -1.51. The van der Waals surface area contributed by atoms with Gasteiger partial charge in [0.25, 0.3) is 0 Å². The van der Waals surface area contributed by atoms with Crippen LogP contribution in [-0.2, 0) is 6.18 Å². The number of amides is 1. The quantitative estimate of drug-likeness (QED) is 0.688. The number of nitrogens with zero attached hydrogens (tertiary/aromatic N) is 3. The van der Waals surface area contributed by atoms with Crippen LogP contribution in [0.5, 0.6) is 0 Å². The summed E-state index contributed by atoms with van der Waals surface area (Å²) in [6.45, 7) is 0. The van der Waals surface area contributed by atoms with Crippen LogP contribution < -0.4 is 10.9 Å². The molecule has 0 spiro atoms. The van der Waals surface area contributed by atoms with Gasteiger partial charge in [-0.3, -0.25) is 20.2 Å². The number of hydrogen-bond acceptors (Lipinski definition) is 4. The lowest BCUT2D eigenvalue weighted by molar-refractivity contribution is -0.137. The van der Waals surface area contributed by atoms with Crippen molar-refractivity contribution >= 4 is 11.6 Å². The highest BCUT2D eigenvalue weighted by atomic mass is 19.4. The monoisotopic (exact) mass is 371 g/mol. The molecule has 0 atom stereocenters. The van der Waals surface area contributed by atoms with Gasteiger partial charge in [0, 0.05) is 18.1 Å². The number of halogens is 3. The van der Waals surface area contributed by atoms with E-state index in [2.05, 4.69) is 15.8 Å². The lowest BCUT2D eigenvalue weighted by atomic mass is 10.2. The van der Waals surface area contributed by atoms with Crippen LogP contribution in [0.3, 0.4) is 0 Å². The molecule has 1 heterocycles. The van der Waals surface area contributed by atoms with Gasteiger partial charge in [-0.15, -0.1) is 0 Å². The largest absolute Gasteiger partial charge is 0.416 e. The molecule has 1 aromatic heterocycles. The Morgan fingerprint density at radius 2 is 1.89 bits per heavy atom. The van der Waals surface area contributed by atoms with Crippen molar-refractivity contribution in [3.63, 3.8) is 0 Å². The van der Waals surface area contributed by atoms with Gasteiger partial charge in [0.2, 0.25) is 5.82 Å². The number of alkyl halides is 3. The third-order valence-corrected chi connectivity index (χ3v) is 3.63. The fraction of sp³-hybridized carbons (Fsp3) is 0.0556. The Morgan fingerprint density at radius 1 is 1.15 bits per heavy atom. The standard InChI is InChI=1S/C18H12F3N5O/c19-18(20,21)13-2-1-3-14(10-13)24-25-17(27)16-23-8-9-26(16)15-6-4-12(11-22)5-7-15/h1-10,24H,(H,25,27). The Morgan fingerprint density at radius 3 is 2.56 bits per heavy atom. The average molecular weight is 371 g/mol. The van der Waals surface area contributed by atoms with E-state index in [1.165, 1.54) is 22.9 Å². The van der Waals surface area contributed by atoms with Crippen LogP contribution >= 0.6 is 0 Å². The van der Waals surface area contributed by atoms with E-state index in [0.29, 0.717) is 11.3 Å². The topological polar surface area (TPSA) is 82.7 Å². The molecule has 0 aliphatic heterocycles. The smallest absolute Gasteiger partial charge is 0.298 e. The van der Waals surface area contributed by atoms with E-state index in [9.17, 15) is 18.0 Å². The summed E-state index contributed by atoms with van der Waals surface area (Å²) in [5.74, 6) is -0.610. The summed E-state index contributed by atoms with van der Waals surface area (Å²) in [5, 5.41) is 8.84. The summed E-state index contributed by atoms with van der Waals surface area (Å²) in [5.41, 5.74) is 5.09. The number of carbonyl (C=O) groups excluding carboxylic acids is 1. The number of imidazole rings is 1. The SMILES string of the molecule is N#Cc1ccc(-n2ccnc2C(=O)NNc2cccc(C(F)(F)F)c2)cc1. The minimum atomic E-state index is -4.48. The number of aromatic nitrogens is 2. The highest BCUT2D eigenvalue weighted by molar-refractivity contribution is 5.92. The molecule has 0 bridgehead atoms. The normalized spacial score (nSPS) is 10.9. The lowest BCUT2D eigenvalue weighted by Gasteiger charge is -2.12. The molecule has 0 aliphatic carbocycles. The minimum Gasteiger partial charge on any atom is -0.298 e. The number of anilines is 1. The Hall–Kier alpha value is -3.80. The molecular formula is C18H12F3N5O. The van der Waals surface area contributed by atoms with Crippen LogP contribution in [0, 0.1) is 11.3 Å². The first-order chi connectivity index (χ1) is 12.9. The molecule has 9 heteroatoms. The van der Waals surface area contributed by atoms with Crippen molar-refractivity contribution in [3.05, 3.63) is 77.9 Å². The predicted octanol–water partition coefficient (Wildman–Crippen LogP) is 3.52. The molecule has 1 amide bonds. The van der Waals surface area contributed by atoms with Crippen molar-refractivity contribution in [1.29, 1.82) is 5.26 Å². The van der Waals surface area contributed by atoms with Gasteiger partial charge in [0.05, 0.1) is 22.9 Å². The molecular weight excluding hydrogens is 359 g/mol. The highest BCUT2D eigenvalue weighted by Gasteiger charge is 2.30. The fourth-order valence-corrected chi connectivity index (χ4v) is 2.33. The number of nitrogens with one attached hydrogen (secondary N) is 2. The zero-order chi connectivity index (χ0) is 19.4. The Balaban J connectivity index is 1.75. The first kappa shape index (κ1) is 18.0. The van der Waals surface area contributed by atoms with Gasteiger partial charge in [-0.1, -0.05) is 6.07 Å². The second kappa shape index (κ2) is 7.21.